The summed E-state index contributed by atoms with van der Waals surface area (Å²) in [6, 6.07) is 0.423. The maximum absolute atomic E-state index is 4.20. The van der Waals surface area contributed by atoms with Gasteiger partial charge in [0.05, 0.1) is 0 Å². The van der Waals surface area contributed by atoms with Crippen molar-refractivity contribution in [3.8, 4) is 0 Å². The van der Waals surface area contributed by atoms with Crippen LogP contribution in [0.15, 0.2) is 18.7 Å². The van der Waals surface area contributed by atoms with Crippen molar-refractivity contribution in [1.82, 2.24) is 15.3 Å². The van der Waals surface area contributed by atoms with Crippen molar-refractivity contribution in [2.75, 3.05) is 6.54 Å². The zero-order chi connectivity index (χ0) is 13.7. The summed E-state index contributed by atoms with van der Waals surface area (Å²) in [6.07, 6.45) is 10.8. The number of hydrogen-bond acceptors (Lipinski definition) is 3. The van der Waals surface area contributed by atoms with Crippen LogP contribution in [0.3, 0.4) is 0 Å². The van der Waals surface area contributed by atoms with Gasteiger partial charge in [0, 0.05) is 24.0 Å². The average Bonchev–Trinajstić information content (AvgIpc) is 2.39. The Kier molecular flexibility index (Phi) is 5.32. The molecule has 0 aromatic carbocycles. The zero-order valence-corrected chi connectivity index (χ0v) is 12.5. The second kappa shape index (κ2) is 6.99. The summed E-state index contributed by atoms with van der Waals surface area (Å²) in [5.74, 6) is 2.39. The van der Waals surface area contributed by atoms with Crippen molar-refractivity contribution in [3.63, 3.8) is 0 Å². The summed E-state index contributed by atoms with van der Waals surface area (Å²) in [6.45, 7) is 8.07. The van der Waals surface area contributed by atoms with E-state index in [9.17, 15) is 0 Å². The molecular formula is C16H27N3. The van der Waals surface area contributed by atoms with Gasteiger partial charge in [-0.3, -0.25) is 0 Å². The van der Waals surface area contributed by atoms with Crippen molar-refractivity contribution in [3.05, 3.63) is 24.3 Å². The van der Waals surface area contributed by atoms with Crippen LogP contribution in [-0.4, -0.2) is 16.5 Å². The molecule has 19 heavy (non-hydrogen) atoms. The molecule has 1 N–H and O–H groups in total. The standard InChI is InChI=1S/C16H27N3/c1-4-5-19-16(15-9-17-11-18-10-15)14-7-12(2)6-13(3)8-14/h9-14,16,19H,4-8H2,1-3H3. The summed E-state index contributed by atoms with van der Waals surface area (Å²) in [5.41, 5.74) is 1.25. The number of aromatic nitrogens is 2. The van der Waals surface area contributed by atoms with Gasteiger partial charge in [-0.25, -0.2) is 9.97 Å². The van der Waals surface area contributed by atoms with E-state index in [4.69, 9.17) is 0 Å². The topological polar surface area (TPSA) is 37.8 Å². The molecule has 1 heterocycles. The molecule has 3 atom stereocenters. The summed E-state index contributed by atoms with van der Waals surface area (Å²) in [4.78, 5) is 8.39. The van der Waals surface area contributed by atoms with Crippen LogP contribution in [0.4, 0.5) is 0 Å². The number of hydrogen-bond donors (Lipinski definition) is 1. The first-order chi connectivity index (χ1) is 9.20. The fourth-order valence-corrected chi connectivity index (χ4v) is 3.61. The van der Waals surface area contributed by atoms with Gasteiger partial charge in [0.1, 0.15) is 6.33 Å². The predicted octanol–water partition coefficient (Wildman–Crippen LogP) is 3.59. The van der Waals surface area contributed by atoms with Gasteiger partial charge in [-0.15, -0.1) is 0 Å². The molecule has 3 heteroatoms. The van der Waals surface area contributed by atoms with Gasteiger partial charge >= 0.3 is 0 Å². The molecule has 1 aromatic heterocycles. The minimum atomic E-state index is 0.423. The first-order valence-electron chi connectivity index (χ1n) is 7.69. The molecule has 1 aliphatic carbocycles. The van der Waals surface area contributed by atoms with E-state index in [0.717, 1.165) is 24.3 Å². The molecule has 1 fully saturated rings. The molecule has 2 rings (SSSR count). The summed E-state index contributed by atoms with van der Waals surface area (Å²) < 4.78 is 0. The molecule has 0 amide bonds. The van der Waals surface area contributed by atoms with Crippen LogP contribution < -0.4 is 5.32 Å². The van der Waals surface area contributed by atoms with E-state index in [1.165, 1.54) is 31.2 Å². The zero-order valence-electron chi connectivity index (χ0n) is 12.5. The normalized spacial score (nSPS) is 29.1. The highest BCUT2D eigenvalue weighted by atomic mass is 14.9. The molecule has 0 aliphatic heterocycles. The molecule has 1 saturated carbocycles. The highest BCUT2D eigenvalue weighted by molar-refractivity contribution is 5.11. The van der Waals surface area contributed by atoms with E-state index >= 15 is 0 Å². The molecule has 106 valence electrons. The van der Waals surface area contributed by atoms with Crippen molar-refractivity contribution in [1.29, 1.82) is 0 Å². The van der Waals surface area contributed by atoms with Crippen LogP contribution in [0.1, 0.15) is 58.1 Å². The van der Waals surface area contributed by atoms with E-state index in [1.807, 2.05) is 12.4 Å². The first kappa shape index (κ1) is 14.4. The summed E-state index contributed by atoms with van der Waals surface area (Å²) >= 11 is 0. The Bertz CT molecular complexity index is 356. The first-order valence-corrected chi connectivity index (χ1v) is 7.69. The Morgan fingerprint density at radius 2 is 1.79 bits per heavy atom. The van der Waals surface area contributed by atoms with Crippen LogP contribution in [0.2, 0.25) is 0 Å². The predicted molar refractivity (Wildman–Crippen MR) is 78.7 cm³/mol. The lowest BCUT2D eigenvalue weighted by atomic mass is 9.72. The Balaban J connectivity index is 2.12. The van der Waals surface area contributed by atoms with Crippen molar-refractivity contribution in [2.24, 2.45) is 17.8 Å². The van der Waals surface area contributed by atoms with Gasteiger partial charge in [-0.2, -0.15) is 0 Å². The monoisotopic (exact) mass is 261 g/mol. The van der Waals surface area contributed by atoms with E-state index in [0.29, 0.717) is 6.04 Å². The van der Waals surface area contributed by atoms with Crippen molar-refractivity contribution >= 4 is 0 Å². The Morgan fingerprint density at radius 3 is 2.37 bits per heavy atom. The minimum Gasteiger partial charge on any atom is -0.310 e. The van der Waals surface area contributed by atoms with E-state index in [-0.39, 0.29) is 0 Å². The average molecular weight is 261 g/mol. The third kappa shape index (κ3) is 4.00. The lowest BCUT2D eigenvalue weighted by molar-refractivity contribution is 0.176. The summed E-state index contributed by atoms with van der Waals surface area (Å²) in [5, 5.41) is 3.72. The highest BCUT2D eigenvalue weighted by Gasteiger charge is 2.30. The lowest BCUT2D eigenvalue weighted by Crippen LogP contribution is -2.33. The van der Waals surface area contributed by atoms with E-state index < -0.39 is 0 Å². The van der Waals surface area contributed by atoms with E-state index in [1.54, 1.807) is 6.33 Å². The maximum Gasteiger partial charge on any atom is 0.115 e. The SMILES string of the molecule is CCCNC(c1cncnc1)C1CC(C)CC(C)C1. The van der Waals surface area contributed by atoms with Crippen LogP contribution in [-0.2, 0) is 0 Å². The van der Waals surface area contributed by atoms with Gasteiger partial charge < -0.3 is 5.32 Å². The second-order valence-corrected chi connectivity index (χ2v) is 6.28. The van der Waals surface area contributed by atoms with Crippen LogP contribution >= 0.6 is 0 Å². The molecule has 0 spiro atoms. The van der Waals surface area contributed by atoms with Gasteiger partial charge in [-0.1, -0.05) is 20.8 Å². The Labute approximate surface area is 117 Å². The smallest absolute Gasteiger partial charge is 0.115 e. The molecule has 1 aliphatic rings. The fourth-order valence-electron chi connectivity index (χ4n) is 3.61. The van der Waals surface area contributed by atoms with Gasteiger partial charge in [-0.05, 0) is 50.0 Å². The fraction of sp³-hybridized carbons (Fsp3) is 0.750. The number of nitrogens with zero attached hydrogens (tertiary/aromatic N) is 2. The molecule has 0 bridgehead atoms. The molecule has 0 saturated heterocycles. The van der Waals surface area contributed by atoms with Gasteiger partial charge in [0.15, 0.2) is 0 Å². The molecule has 1 aromatic rings. The minimum absolute atomic E-state index is 0.423. The highest BCUT2D eigenvalue weighted by Crippen LogP contribution is 2.39. The second-order valence-electron chi connectivity index (χ2n) is 6.28. The largest absolute Gasteiger partial charge is 0.310 e. The third-order valence-corrected chi connectivity index (χ3v) is 4.24. The molecule has 3 unspecified atom stereocenters. The van der Waals surface area contributed by atoms with Gasteiger partial charge in [0.25, 0.3) is 0 Å². The number of nitrogens with one attached hydrogen (secondary N) is 1. The number of rotatable bonds is 5. The van der Waals surface area contributed by atoms with Crippen LogP contribution in [0.5, 0.6) is 0 Å². The lowest BCUT2D eigenvalue weighted by Gasteiger charge is -2.37. The van der Waals surface area contributed by atoms with Crippen LogP contribution in [0, 0.1) is 17.8 Å². The third-order valence-electron chi connectivity index (χ3n) is 4.24. The maximum atomic E-state index is 4.20. The quantitative estimate of drug-likeness (QED) is 0.880. The van der Waals surface area contributed by atoms with E-state index in [2.05, 4.69) is 36.1 Å². The molecule has 0 radical (unpaired) electrons. The summed E-state index contributed by atoms with van der Waals surface area (Å²) in [7, 11) is 0. The van der Waals surface area contributed by atoms with Gasteiger partial charge in [0.2, 0.25) is 0 Å². The van der Waals surface area contributed by atoms with Crippen molar-refractivity contribution in [2.45, 2.75) is 52.5 Å². The molecular weight excluding hydrogens is 234 g/mol. The van der Waals surface area contributed by atoms with Crippen molar-refractivity contribution < 1.29 is 0 Å². The van der Waals surface area contributed by atoms with Crippen LogP contribution in [0.25, 0.3) is 0 Å². The Hall–Kier alpha value is -0.960. The Morgan fingerprint density at radius 1 is 1.16 bits per heavy atom. The molecule has 3 nitrogen and oxygen atoms in total.